The molecule has 0 N–H and O–H groups in total. The Morgan fingerprint density at radius 3 is 1.47 bits per heavy atom. The largest absolute Gasteiger partial charge is 4.00 e. The van der Waals surface area contributed by atoms with E-state index in [0.717, 1.165) is 33.4 Å². The number of para-hydroxylation sites is 2. The van der Waals surface area contributed by atoms with Gasteiger partial charge in [-0.1, -0.05) is 115 Å². The van der Waals surface area contributed by atoms with Crippen LogP contribution in [0.2, 0.25) is 0 Å². The van der Waals surface area contributed by atoms with Gasteiger partial charge in [0.05, 0.1) is 9.79 Å². The molecular formula is C44H35N5O2PtS. The van der Waals surface area contributed by atoms with Gasteiger partial charge in [-0.05, 0) is 78.7 Å². The van der Waals surface area contributed by atoms with E-state index in [-0.39, 0.29) is 30.9 Å². The van der Waals surface area contributed by atoms with Crippen molar-refractivity contribution in [2.75, 3.05) is 23.8 Å². The monoisotopic (exact) mass is 898 g/mol. The summed E-state index contributed by atoms with van der Waals surface area (Å²) in [4.78, 5) is 6.31. The van der Waals surface area contributed by atoms with Crippen molar-refractivity contribution >= 4 is 32.6 Å². The fourth-order valence-corrected chi connectivity index (χ4v) is 7.87. The predicted molar refractivity (Wildman–Crippen MR) is 210 cm³/mol. The van der Waals surface area contributed by atoms with E-state index in [1.807, 2.05) is 54.6 Å². The van der Waals surface area contributed by atoms with E-state index in [4.69, 9.17) is 8.22 Å². The average Bonchev–Trinajstić information content (AvgIpc) is 3.94. The number of hydrogen-bond acceptors (Lipinski definition) is 6. The van der Waals surface area contributed by atoms with E-state index in [0.29, 0.717) is 22.7 Å². The van der Waals surface area contributed by atoms with Crippen molar-refractivity contribution in [1.29, 1.82) is 0 Å². The molecule has 0 atom stereocenters. The van der Waals surface area contributed by atoms with Gasteiger partial charge in [-0.25, -0.2) is 8.42 Å². The maximum Gasteiger partial charge on any atom is 4.00 e. The van der Waals surface area contributed by atoms with Crippen LogP contribution in [0.5, 0.6) is 0 Å². The van der Waals surface area contributed by atoms with Crippen molar-refractivity contribution in [3.63, 3.8) is 0 Å². The first-order valence-corrected chi connectivity index (χ1v) is 17.9. The molecular weight excluding hydrogens is 858 g/mol. The number of sulfone groups is 1. The molecule has 0 spiro atoms. The first-order chi connectivity index (χ1) is 27.8. The Morgan fingerprint density at radius 1 is 0.566 bits per heavy atom. The van der Waals surface area contributed by atoms with Crippen LogP contribution in [0.25, 0.3) is 38.7 Å². The Morgan fingerprint density at radius 2 is 1.02 bits per heavy atom. The van der Waals surface area contributed by atoms with Crippen LogP contribution >= 0.6 is 0 Å². The standard InChI is InChI=1S/C32H27N4.C12H8NO2S.Pt/c1-33-16-18-35(23-33)28-20-27(21-29(22-28)36-19-17-34(2)24-36)32-30(25-10-5-3-6-11-25)14-9-15-31(32)26-12-7-4-8-13-26;14-16(15)11-7-3-1-5-9(11)13-10-6-2-4-8-12(10)16;/h3-21,23-24H,1-2H3;1-8H;/q-3;-1;+4/i1D3,2D3;;. The van der Waals surface area contributed by atoms with Gasteiger partial charge in [0.1, 0.15) is 0 Å². The molecule has 0 aromatic heterocycles. The van der Waals surface area contributed by atoms with Gasteiger partial charge >= 0.3 is 21.1 Å². The van der Waals surface area contributed by atoms with Crippen molar-refractivity contribution in [2.24, 2.45) is 0 Å². The zero-order chi connectivity index (χ0) is 40.7. The molecule has 0 fully saturated rings. The fourth-order valence-electron chi connectivity index (χ4n) is 6.34. The predicted octanol–water partition coefficient (Wildman–Crippen LogP) is 10.3. The van der Waals surface area contributed by atoms with Crippen molar-refractivity contribution < 1.29 is 37.7 Å². The van der Waals surface area contributed by atoms with Crippen LogP contribution in [0.1, 0.15) is 8.22 Å². The fraction of sp³-hybridized carbons (Fsp3) is 0.0455. The van der Waals surface area contributed by atoms with Crippen LogP contribution < -0.4 is 9.80 Å². The van der Waals surface area contributed by atoms with E-state index in [9.17, 15) is 8.42 Å². The molecule has 0 radical (unpaired) electrons. The second-order valence-electron chi connectivity index (χ2n) is 12.1. The summed E-state index contributed by atoms with van der Waals surface area (Å²) in [6.45, 7) is -1.66. The molecule has 9 rings (SSSR count). The molecule has 0 bridgehead atoms. The van der Waals surface area contributed by atoms with Crippen LogP contribution in [-0.4, -0.2) is 32.2 Å². The number of fused-ring (bicyclic) bond motifs is 2. The van der Waals surface area contributed by atoms with Crippen LogP contribution in [0.15, 0.2) is 174 Å². The first kappa shape index (κ1) is 29.0. The van der Waals surface area contributed by atoms with Crippen LogP contribution in [0.3, 0.4) is 0 Å². The SMILES string of the molecule is O=S1(=O)c2ccccc2[N-]c2ccccc21.[2H]C([2H])([2H])N1C=CN(c2[c-]c(N3C=CN(C([2H])([2H])[2H])[CH-]3)cc(-c3c(-c4ccccc4)cccc3-c3ccccc3)c2)[CH-]1.[Pt+4]. The summed E-state index contributed by atoms with van der Waals surface area (Å²) in [6, 6.07) is 47.4. The number of hydrogen-bond donors (Lipinski definition) is 0. The minimum Gasteiger partial charge on any atom is -0.656 e. The van der Waals surface area contributed by atoms with Gasteiger partial charge in [-0.2, -0.15) is 13.3 Å². The summed E-state index contributed by atoms with van der Waals surface area (Å²) in [5, 5.41) is 4.33. The van der Waals surface area contributed by atoms with Gasteiger partial charge in [-0.15, -0.1) is 46.5 Å². The smallest absolute Gasteiger partial charge is 0.656 e. The molecule has 3 aliphatic rings. The van der Waals surface area contributed by atoms with Crippen LogP contribution in [0.4, 0.5) is 22.7 Å². The van der Waals surface area contributed by atoms with Crippen LogP contribution in [0, 0.1) is 19.4 Å². The Hall–Kier alpha value is -5.56. The molecule has 0 saturated carbocycles. The topological polar surface area (TPSA) is 61.2 Å². The number of nitrogens with zero attached hydrogens (tertiary/aromatic N) is 5. The third-order valence-corrected chi connectivity index (χ3v) is 10.6. The first-order valence-electron chi connectivity index (χ1n) is 19.4. The Labute approximate surface area is 334 Å². The minimum atomic E-state index is -3.40. The minimum absolute atomic E-state index is 0. The van der Waals surface area contributed by atoms with E-state index in [2.05, 4.69) is 47.8 Å². The van der Waals surface area contributed by atoms with E-state index >= 15 is 0 Å². The molecule has 264 valence electrons. The van der Waals surface area contributed by atoms with E-state index < -0.39 is 23.8 Å². The number of anilines is 2. The Kier molecular flexibility index (Phi) is 8.30. The quantitative estimate of drug-likeness (QED) is 0.161. The van der Waals surface area contributed by atoms with Gasteiger partial charge in [0.25, 0.3) is 0 Å². The maximum absolute atomic E-state index is 12.2. The third-order valence-electron chi connectivity index (χ3n) is 8.74. The average molecular weight is 899 g/mol. The number of rotatable bonds is 5. The molecule has 0 amide bonds. The summed E-state index contributed by atoms with van der Waals surface area (Å²) >= 11 is 0. The molecule has 9 heteroatoms. The summed E-state index contributed by atoms with van der Waals surface area (Å²) in [5.41, 5.74) is 8.21. The van der Waals surface area contributed by atoms with Gasteiger partial charge in [0.2, 0.25) is 9.84 Å². The van der Waals surface area contributed by atoms with Gasteiger partial charge in [0.15, 0.2) is 0 Å². The van der Waals surface area contributed by atoms with Crippen molar-refractivity contribution in [2.45, 2.75) is 9.79 Å². The van der Waals surface area contributed by atoms with Crippen LogP contribution in [-0.2, 0) is 30.9 Å². The zero-order valence-electron chi connectivity index (χ0n) is 34.0. The molecule has 3 aliphatic heterocycles. The summed E-state index contributed by atoms with van der Waals surface area (Å²) in [6.07, 6.45) is 6.34. The molecule has 0 saturated heterocycles. The van der Waals surface area contributed by atoms with Crippen molar-refractivity contribution in [3.8, 4) is 33.4 Å². The maximum atomic E-state index is 12.2. The van der Waals surface area contributed by atoms with Crippen molar-refractivity contribution in [3.05, 3.63) is 189 Å². The Balaban J connectivity index is 0.000000259. The summed E-state index contributed by atoms with van der Waals surface area (Å²) in [7, 11) is -3.40. The van der Waals surface area contributed by atoms with Gasteiger partial charge in [0, 0.05) is 8.22 Å². The zero-order valence-corrected chi connectivity index (χ0v) is 31.1. The number of benzene rings is 6. The van der Waals surface area contributed by atoms with E-state index in [1.165, 1.54) is 35.5 Å². The normalized spacial score (nSPS) is 17.0. The molecule has 53 heavy (non-hydrogen) atoms. The van der Waals surface area contributed by atoms with E-state index in [1.54, 1.807) is 70.7 Å². The molecule has 0 aliphatic carbocycles. The molecule has 0 unspecified atom stereocenters. The molecule has 7 nitrogen and oxygen atoms in total. The summed E-state index contributed by atoms with van der Waals surface area (Å²) in [5.74, 6) is 0. The van der Waals surface area contributed by atoms with Gasteiger partial charge < -0.3 is 24.9 Å². The third kappa shape index (κ3) is 7.25. The molecule has 6 aromatic rings. The Bertz CT molecular complexity index is 2480. The molecule has 6 aromatic carbocycles. The van der Waals surface area contributed by atoms with Crippen molar-refractivity contribution in [1.82, 2.24) is 9.80 Å². The molecule has 3 heterocycles. The van der Waals surface area contributed by atoms with Gasteiger partial charge in [-0.3, -0.25) is 0 Å². The second-order valence-corrected chi connectivity index (χ2v) is 14.0. The second kappa shape index (κ2) is 15.2. The summed E-state index contributed by atoms with van der Waals surface area (Å²) < 4.78 is 71.4.